The summed E-state index contributed by atoms with van der Waals surface area (Å²) < 4.78 is 8.13. The van der Waals surface area contributed by atoms with Gasteiger partial charge in [-0.3, -0.25) is 4.79 Å². The Hall–Kier alpha value is -1.63. The van der Waals surface area contributed by atoms with Crippen molar-refractivity contribution in [1.82, 2.24) is 5.32 Å². The van der Waals surface area contributed by atoms with Gasteiger partial charge in [-0.05, 0) is 49.6 Å². The molecule has 5 heteroatoms. The van der Waals surface area contributed by atoms with Crippen LogP contribution in [0, 0.1) is 0 Å². The van der Waals surface area contributed by atoms with Crippen molar-refractivity contribution in [3.63, 3.8) is 0 Å². The summed E-state index contributed by atoms with van der Waals surface area (Å²) in [5.74, 6) is 0.866. The molecule has 0 aliphatic carbocycles. The molecule has 2 rings (SSSR count). The van der Waals surface area contributed by atoms with Gasteiger partial charge >= 0.3 is 0 Å². The second-order valence-corrected chi connectivity index (χ2v) is 8.22. The van der Waals surface area contributed by atoms with E-state index in [9.17, 15) is 4.79 Å². The topological polar surface area (TPSA) is 42.2 Å². The lowest BCUT2D eigenvalue weighted by Crippen LogP contribution is -3.00. The number of aromatic nitrogens is 1. The van der Waals surface area contributed by atoms with Gasteiger partial charge in [0.25, 0.3) is 5.91 Å². The highest BCUT2D eigenvalue weighted by Crippen LogP contribution is 2.21. The predicted molar refractivity (Wildman–Crippen MR) is 127 cm³/mol. The number of pyridine rings is 1. The lowest BCUT2D eigenvalue weighted by molar-refractivity contribution is -0.694. The van der Waals surface area contributed by atoms with Crippen LogP contribution in [0.1, 0.15) is 93.6 Å². The summed E-state index contributed by atoms with van der Waals surface area (Å²) in [5.41, 5.74) is 2.88. The van der Waals surface area contributed by atoms with Crippen LogP contribution in [0.25, 0.3) is 0 Å². The van der Waals surface area contributed by atoms with Crippen LogP contribution in [0.4, 0.5) is 0 Å². The Morgan fingerprint density at radius 1 is 0.969 bits per heavy atom. The Kier molecular flexibility index (Phi) is 15.0. The van der Waals surface area contributed by atoms with E-state index in [1.54, 1.807) is 0 Å². The fraction of sp³-hybridized carbons (Fsp3) is 0.556. The van der Waals surface area contributed by atoms with E-state index in [0.717, 1.165) is 42.9 Å². The number of halogens is 1. The zero-order valence-corrected chi connectivity index (χ0v) is 22.3. The summed E-state index contributed by atoms with van der Waals surface area (Å²) in [6.45, 7) is 8.66. The number of ether oxygens (including phenoxy) is 1. The third-order valence-electron chi connectivity index (χ3n) is 5.70. The Morgan fingerprint density at radius 2 is 1.69 bits per heavy atom. The van der Waals surface area contributed by atoms with Crippen molar-refractivity contribution < 1.29 is 38.1 Å². The molecule has 0 atom stereocenters. The van der Waals surface area contributed by atoms with Crippen LogP contribution in [0.2, 0.25) is 0 Å². The van der Waals surface area contributed by atoms with Gasteiger partial charge in [0, 0.05) is 23.7 Å². The SMILES string of the molecule is CCCCCCCCCCOc1ccc(C(=O)NCc2ccc[n+](CC)c2)cc1CC.[I-]. The Bertz CT molecular complexity index is 795. The summed E-state index contributed by atoms with van der Waals surface area (Å²) in [6, 6.07) is 9.83. The second-order valence-electron chi connectivity index (χ2n) is 8.22. The number of nitrogens with one attached hydrogen (secondary N) is 1. The number of hydrogen-bond acceptors (Lipinski definition) is 2. The van der Waals surface area contributed by atoms with Crippen molar-refractivity contribution in [2.24, 2.45) is 0 Å². The molecule has 178 valence electrons. The molecule has 0 saturated carbocycles. The fourth-order valence-electron chi connectivity index (χ4n) is 3.72. The maximum Gasteiger partial charge on any atom is 0.251 e. The third kappa shape index (κ3) is 10.3. The maximum atomic E-state index is 12.6. The van der Waals surface area contributed by atoms with Crippen LogP contribution in [-0.4, -0.2) is 12.5 Å². The van der Waals surface area contributed by atoms with Crippen molar-refractivity contribution in [3.05, 3.63) is 59.4 Å². The smallest absolute Gasteiger partial charge is 0.251 e. The van der Waals surface area contributed by atoms with Crippen molar-refractivity contribution in [2.75, 3.05) is 6.61 Å². The van der Waals surface area contributed by atoms with Crippen LogP contribution in [0.5, 0.6) is 5.75 Å². The van der Waals surface area contributed by atoms with E-state index in [1.165, 1.54) is 44.9 Å². The zero-order valence-electron chi connectivity index (χ0n) is 20.2. The molecule has 1 amide bonds. The fourth-order valence-corrected chi connectivity index (χ4v) is 3.72. The number of aryl methyl sites for hydroxylation is 2. The van der Waals surface area contributed by atoms with E-state index in [1.807, 2.05) is 36.5 Å². The average molecular weight is 553 g/mol. The predicted octanol–water partition coefficient (Wildman–Crippen LogP) is 3.01. The van der Waals surface area contributed by atoms with Crippen LogP contribution in [-0.2, 0) is 19.5 Å². The summed E-state index contributed by atoms with van der Waals surface area (Å²) in [6.07, 6.45) is 15.3. The van der Waals surface area contributed by atoms with E-state index in [0.29, 0.717) is 12.1 Å². The third-order valence-corrected chi connectivity index (χ3v) is 5.70. The van der Waals surface area contributed by atoms with Crippen LogP contribution in [0.15, 0.2) is 42.7 Å². The first-order valence-corrected chi connectivity index (χ1v) is 12.2. The molecule has 0 spiro atoms. The molecule has 0 bridgehead atoms. The quantitative estimate of drug-likeness (QED) is 0.210. The first-order valence-electron chi connectivity index (χ1n) is 12.2. The normalized spacial score (nSPS) is 10.5. The maximum absolute atomic E-state index is 12.6. The first-order chi connectivity index (χ1) is 15.2. The summed E-state index contributed by atoms with van der Waals surface area (Å²) >= 11 is 0. The molecule has 1 aromatic heterocycles. The molecule has 4 nitrogen and oxygen atoms in total. The van der Waals surface area contributed by atoms with Gasteiger partial charge in [0.05, 0.1) is 6.61 Å². The van der Waals surface area contributed by atoms with Crippen molar-refractivity contribution in [3.8, 4) is 5.75 Å². The highest BCUT2D eigenvalue weighted by molar-refractivity contribution is 5.94. The highest BCUT2D eigenvalue weighted by atomic mass is 127. The van der Waals surface area contributed by atoms with Gasteiger partial charge in [-0.25, -0.2) is 4.57 Å². The summed E-state index contributed by atoms with van der Waals surface area (Å²) in [5, 5.41) is 3.03. The first kappa shape index (κ1) is 28.4. The Morgan fingerprint density at radius 3 is 2.38 bits per heavy atom. The van der Waals surface area contributed by atoms with Crippen LogP contribution >= 0.6 is 0 Å². The number of amides is 1. The van der Waals surface area contributed by atoms with Gasteiger partial charge < -0.3 is 34.0 Å². The molecular formula is C27H41IN2O2. The van der Waals surface area contributed by atoms with E-state index in [-0.39, 0.29) is 29.9 Å². The molecule has 32 heavy (non-hydrogen) atoms. The minimum atomic E-state index is -0.0452. The van der Waals surface area contributed by atoms with E-state index >= 15 is 0 Å². The highest BCUT2D eigenvalue weighted by Gasteiger charge is 2.11. The zero-order chi connectivity index (χ0) is 22.3. The van der Waals surface area contributed by atoms with Crippen LogP contribution in [0.3, 0.4) is 0 Å². The monoisotopic (exact) mass is 552 g/mol. The lowest BCUT2D eigenvalue weighted by atomic mass is 10.1. The van der Waals surface area contributed by atoms with Gasteiger partial charge in [-0.1, -0.05) is 58.8 Å². The largest absolute Gasteiger partial charge is 1.00 e. The number of benzene rings is 1. The molecule has 0 aliphatic rings. The van der Waals surface area contributed by atoms with Gasteiger partial charge in [0.2, 0.25) is 0 Å². The molecule has 1 N–H and O–H groups in total. The van der Waals surface area contributed by atoms with Gasteiger partial charge in [0.1, 0.15) is 12.3 Å². The molecule has 0 radical (unpaired) electrons. The number of rotatable bonds is 15. The second kappa shape index (κ2) is 16.9. The summed E-state index contributed by atoms with van der Waals surface area (Å²) in [4.78, 5) is 12.6. The van der Waals surface area contributed by atoms with Crippen molar-refractivity contribution in [1.29, 1.82) is 0 Å². The summed E-state index contributed by atoms with van der Waals surface area (Å²) in [7, 11) is 0. The molecule has 0 saturated heterocycles. The molecule has 2 aromatic rings. The van der Waals surface area contributed by atoms with Gasteiger partial charge in [-0.15, -0.1) is 0 Å². The number of hydrogen-bond donors (Lipinski definition) is 1. The average Bonchev–Trinajstić information content (AvgIpc) is 2.81. The number of carbonyl (C=O) groups excluding carboxylic acids is 1. The standard InChI is InChI=1S/C27H40N2O2.HI/c1-4-7-8-9-10-11-12-13-19-31-26-17-16-25(20-24(26)5-2)27(30)28-21-23-15-14-18-29(6-3)22-23;/h14-18,20,22H,4-13,19,21H2,1-3H3;1H. The molecular weight excluding hydrogens is 511 g/mol. The Balaban J connectivity index is 0.00000512. The molecule has 0 aliphatic heterocycles. The number of unbranched alkanes of at least 4 members (excludes halogenated alkanes) is 7. The lowest BCUT2D eigenvalue weighted by Gasteiger charge is -2.12. The number of carbonyl (C=O) groups is 1. The molecule has 1 heterocycles. The molecule has 0 unspecified atom stereocenters. The van der Waals surface area contributed by atoms with E-state index in [4.69, 9.17) is 4.74 Å². The molecule has 0 fully saturated rings. The number of nitrogens with zero attached hydrogens (tertiary/aromatic N) is 1. The van der Waals surface area contributed by atoms with E-state index in [2.05, 4.69) is 36.9 Å². The van der Waals surface area contributed by atoms with Crippen molar-refractivity contribution in [2.45, 2.75) is 91.6 Å². The Labute approximate surface area is 212 Å². The minimum absolute atomic E-state index is 0. The molecule has 1 aromatic carbocycles. The van der Waals surface area contributed by atoms with Crippen molar-refractivity contribution >= 4 is 5.91 Å². The van der Waals surface area contributed by atoms with Gasteiger partial charge in [-0.2, -0.15) is 0 Å². The minimum Gasteiger partial charge on any atom is -1.00 e. The van der Waals surface area contributed by atoms with Gasteiger partial charge in [0.15, 0.2) is 12.4 Å². The van der Waals surface area contributed by atoms with E-state index < -0.39 is 0 Å². The van der Waals surface area contributed by atoms with Crippen LogP contribution < -0.4 is 38.6 Å².